The second-order valence-electron chi connectivity index (χ2n) is 8.56. The van der Waals surface area contributed by atoms with Gasteiger partial charge in [-0.3, -0.25) is 9.59 Å². The first kappa shape index (κ1) is 21.7. The number of rotatable bonds is 4. The van der Waals surface area contributed by atoms with Crippen LogP contribution in [0.1, 0.15) is 51.9 Å². The van der Waals surface area contributed by atoms with Crippen LogP contribution in [0.15, 0.2) is 27.6 Å². The largest absolute Gasteiger partial charge is 0.356 e. The fourth-order valence-electron chi connectivity index (χ4n) is 4.21. The maximum atomic E-state index is 13.6. The molecule has 1 aliphatic heterocycles. The van der Waals surface area contributed by atoms with E-state index in [1.807, 2.05) is 51.9 Å². The monoisotopic (exact) mass is 436 g/mol. The summed E-state index contributed by atoms with van der Waals surface area (Å²) in [5, 5.41) is 4.00. The van der Waals surface area contributed by atoms with Gasteiger partial charge >= 0.3 is 0 Å². The molecule has 4 rings (SSSR count). The number of carbonyl (C=O) groups excluding carboxylic acids is 1. The van der Waals surface area contributed by atoms with E-state index in [2.05, 4.69) is 10.1 Å². The minimum Gasteiger partial charge on any atom is -0.356 e. The van der Waals surface area contributed by atoms with Crippen LogP contribution in [0.2, 0.25) is 0 Å². The first-order valence-corrected chi connectivity index (χ1v) is 10.6. The van der Waals surface area contributed by atoms with E-state index in [9.17, 15) is 9.59 Å². The molecular weight excluding hydrogens is 408 g/mol. The van der Waals surface area contributed by atoms with E-state index in [0.717, 1.165) is 24.2 Å². The van der Waals surface area contributed by atoms with Crippen LogP contribution in [0.4, 0.5) is 5.95 Å². The van der Waals surface area contributed by atoms with Crippen LogP contribution in [0.5, 0.6) is 0 Å². The highest BCUT2D eigenvalue weighted by atomic mass is 16.5. The fourth-order valence-corrected chi connectivity index (χ4v) is 4.21. The van der Waals surface area contributed by atoms with Gasteiger partial charge in [-0.05, 0) is 45.2 Å². The second kappa shape index (κ2) is 8.22. The third-order valence-corrected chi connectivity index (χ3v) is 6.01. The van der Waals surface area contributed by atoms with Crippen LogP contribution < -0.4 is 10.5 Å². The Balaban J connectivity index is 1.82. The van der Waals surface area contributed by atoms with Crippen LogP contribution in [0.3, 0.4) is 0 Å². The highest BCUT2D eigenvalue weighted by Gasteiger charge is 2.36. The quantitative estimate of drug-likeness (QED) is 0.620. The van der Waals surface area contributed by atoms with Gasteiger partial charge in [0.25, 0.3) is 11.5 Å². The van der Waals surface area contributed by atoms with Crippen LogP contribution >= 0.6 is 0 Å². The van der Waals surface area contributed by atoms with Crippen molar-refractivity contribution in [1.82, 2.24) is 24.6 Å². The Labute approximate surface area is 186 Å². The van der Waals surface area contributed by atoms with E-state index < -0.39 is 0 Å². The van der Waals surface area contributed by atoms with Crippen molar-refractivity contribution in [3.63, 3.8) is 0 Å². The molecule has 0 spiro atoms. The third-order valence-electron chi connectivity index (χ3n) is 6.01. The number of hydrogen-bond donors (Lipinski definition) is 0. The third kappa shape index (κ3) is 3.68. The van der Waals surface area contributed by atoms with Crippen LogP contribution in [0.25, 0.3) is 11.3 Å². The molecule has 4 heterocycles. The van der Waals surface area contributed by atoms with Gasteiger partial charge in [0.15, 0.2) is 5.76 Å². The molecule has 0 unspecified atom stereocenters. The van der Waals surface area contributed by atoms with E-state index in [1.165, 1.54) is 4.57 Å². The van der Waals surface area contributed by atoms with Crippen LogP contribution in [0, 0.1) is 20.8 Å². The molecule has 9 heteroatoms. The van der Waals surface area contributed by atoms with Gasteiger partial charge in [0.2, 0.25) is 5.95 Å². The van der Waals surface area contributed by atoms with Gasteiger partial charge in [0.1, 0.15) is 5.56 Å². The molecule has 9 nitrogen and oxygen atoms in total. The normalized spacial score (nSPS) is 15.9. The molecule has 0 radical (unpaired) electrons. The highest BCUT2D eigenvalue weighted by molar-refractivity contribution is 5.96. The smallest absolute Gasteiger partial charge is 0.263 e. The van der Waals surface area contributed by atoms with E-state index in [4.69, 9.17) is 9.51 Å². The Morgan fingerprint density at radius 1 is 1.22 bits per heavy atom. The van der Waals surface area contributed by atoms with Gasteiger partial charge in [-0.1, -0.05) is 5.16 Å². The molecule has 3 aromatic heterocycles. The summed E-state index contributed by atoms with van der Waals surface area (Å²) >= 11 is 0. The lowest BCUT2D eigenvalue weighted by Crippen LogP contribution is -2.37. The molecule has 0 aromatic carbocycles. The van der Waals surface area contributed by atoms with Gasteiger partial charge in [-0.15, -0.1) is 0 Å². The summed E-state index contributed by atoms with van der Waals surface area (Å²) in [6.07, 6.45) is 3.27. The number of aromatic nitrogens is 4. The number of carbonyl (C=O) groups is 1. The highest BCUT2D eigenvalue weighted by Crippen LogP contribution is 2.38. The van der Waals surface area contributed by atoms with Gasteiger partial charge in [-0.2, -0.15) is 0 Å². The Hall–Kier alpha value is -3.49. The Morgan fingerprint density at radius 2 is 1.97 bits per heavy atom. The zero-order valence-electron chi connectivity index (χ0n) is 19.3. The fraction of sp³-hybridized carbons (Fsp3) is 0.435. The maximum Gasteiger partial charge on any atom is 0.263 e. The summed E-state index contributed by atoms with van der Waals surface area (Å²) in [4.78, 5) is 39.4. The molecule has 1 atom stereocenters. The average Bonchev–Trinajstić information content (AvgIpc) is 3.40. The van der Waals surface area contributed by atoms with Crippen LogP contribution in [-0.4, -0.2) is 51.1 Å². The molecule has 1 saturated heterocycles. The Morgan fingerprint density at radius 3 is 2.62 bits per heavy atom. The molecule has 1 fully saturated rings. The van der Waals surface area contributed by atoms with E-state index >= 15 is 0 Å². The molecule has 32 heavy (non-hydrogen) atoms. The summed E-state index contributed by atoms with van der Waals surface area (Å²) < 4.78 is 7.01. The number of hydrogen-bond acceptors (Lipinski definition) is 7. The number of amides is 1. The lowest BCUT2D eigenvalue weighted by Gasteiger charge is -2.27. The molecule has 3 aromatic rings. The lowest BCUT2D eigenvalue weighted by atomic mass is 10.0. The van der Waals surface area contributed by atoms with Gasteiger partial charge in [-0.25, -0.2) is 9.97 Å². The summed E-state index contributed by atoms with van der Waals surface area (Å²) in [6, 6.07) is 3.41. The molecular formula is C23H28N6O3. The van der Waals surface area contributed by atoms with Gasteiger partial charge in [0, 0.05) is 45.6 Å². The number of anilines is 1. The van der Waals surface area contributed by atoms with Crippen molar-refractivity contribution in [1.29, 1.82) is 0 Å². The van der Waals surface area contributed by atoms with Crippen LogP contribution in [-0.2, 0) is 7.05 Å². The predicted molar refractivity (Wildman–Crippen MR) is 121 cm³/mol. The summed E-state index contributed by atoms with van der Waals surface area (Å²) in [7, 11) is 5.43. The van der Waals surface area contributed by atoms with Crippen molar-refractivity contribution >= 4 is 11.9 Å². The molecule has 1 amide bonds. The molecule has 0 N–H and O–H groups in total. The number of pyridine rings is 1. The average molecular weight is 437 g/mol. The number of likely N-dealkylation sites (tertiary alicyclic amines) is 1. The second-order valence-corrected chi connectivity index (χ2v) is 8.56. The number of aryl methyl sites for hydroxylation is 3. The van der Waals surface area contributed by atoms with Crippen molar-refractivity contribution in [2.24, 2.45) is 7.05 Å². The van der Waals surface area contributed by atoms with E-state index in [1.54, 1.807) is 18.1 Å². The molecule has 0 saturated carbocycles. The van der Waals surface area contributed by atoms with Crippen molar-refractivity contribution in [3.05, 3.63) is 56.9 Å². The Kier molecular flexibility index (Phi) is 5.58. The van der Waals surface area contributed by atoms with Crippen molar-refractivity contribution in [2.75, 3.05) is 25.5 Å². The topological polar surface area (TPSA) is 97.4 Å². The lowest BCUT2D eigenvalue weighted by molar-refractivity contribution is 0.0730. The van der Waals surface area contributed by atoms with Gasteiger partial charge < -0.3 is 18.9 Å². The first-order valence-electron chi connectivity index (χ1n) is 10.6. The summed E-state index contributed by atoms with van der Waals surface area (Å²) in [6.45, 7) is 6.07. The van der Waals surface area contributed by atoms with Crippen molar-refractivity contribution < 1.29 is 9.32 Å². The SMILES string of the molecule is Cc1cc(-c2cnc(N(C)C)nc2[C@H]2CCCN2C(=O)c2c(C)cc(C)n(C)c2=O)on1. The first-order chi connectivity index (χ1) is 15.2. The zero-order valence-corrected chi connectivity index (χ0v) is 19.3. The van der Waals surface area contributed by atoms with E-state index in [0.29, 0.717) is 35.1 Å². The Bertz CT molecular complexity index is 1240. The minimum atomic E-state index is -0.296. The van der Waals surface area contributed by atoms with Crippen molar-refractivity contribution in [3.8, 4) is 11.3 Å². The summed E-state index contributed by atoms with van der Waals surface area (Å²) in [5.41, 5.74) is 3.59. The zero-order chi connectivity index (χ0) is 23.2. The molecule has 168 valence electrons. The van der Waals surface area contributed by atoms with Gasteiger partial charge in [0.05, 0.1) is 23.0 Å². The predicted octanol–water partition coefficient (Wildman–Crippen LogP) is 2.80. The minimum absolute atomic E-state index is 0.212. The summed E-state index contributed by atoms with van der Waals surface area (Å²) in [5.74, 6) is 0.835. The maximum absolute atomic E-state index is 13.6. The molecule has 0 aliphatic carbocycles. The van der Waals surface area contributed by atoms with Crippen molar-refractivity contribution in [2.45, 2.75) is 39.7 Å². The van der Waals surface area contributed by atoms with E-state index in [-0.39, 0.29) is 23.1 Å². The standard InChI is InChI=1S/C23H28N6O3/c1-13-10-15(3)28(6)21(30)19(13)22(31)29-9-7-8-17(29)20-16(18-11-14(2)26-32-18)12-24-23(25-20)27(4)5/h10-12,17H,7-9H2,1-6H3/t17-/m1/s1. The molecule has 0 bridgehead atoms. The molecule has 1 aliphatic rings. The number of nitrogens with zero attached hydrogens (tertiary/aromatic N) is 6.